The van der Waals surface area contributed by atoms with Crippen molar-refractivity contribution < 1.29 is 9.66 Å². The topological polar surface area (TPSA) is 70.2 Å². The van der Waals surface area contributed by atoms with Crippen LogP contribution in [0.2, 0.25) is 0 Å². The third-order valence-corrected chi connectivity index (χ3v) is 2.91. The molecular weight excluding hydrogens is 258 g/mol. The summed E-state index contributed by atoms with van der Waals surface area (Å²) in [4.78, 5) is 14.8. The molecule has 0 saturated carbocycles. The second-order valence-corrected chi connectivity index (χ2v) is 4.31. The summed E-state index contributed by atoms with van der Waals surface area (Å²) in [6.45, 7) is 4.27. The standard InChI is InChI=1S/C14H17N3O3/c1-3-5-14-15-8-9-16(14)11-6-7-12(17(18)19)13(10-11)20-4-2/h6-10H,3-5H2,1-2H3. The fourth-order valence-corrected chi connectivity index (χ4v) is 2.05. The maximum Gasteiger partial charge on any atom is 0.311 e. The van der Waals surface area contributed by atoms with E-state index in [4.69, 9.17) is 4.74 Å². The van der Waals surface area contributed by atoms with Gasteiger partial charge in [0.15, 0.2) is 5.75 Å². The van der Waals surface area contributed by atoms with Crippen molar-refractivity contribution in [3.63, 3.8) is 0 Å². The minimum Gasteiger partial charge on any atom is -0.487 e. The average Bonchev–Trinajstić information content (AvgIpc) is 2.87. The number of nitrogens with zero attached hydrogens (tertiary/aromatic N) is 3. The predicted molar refractivity (Wildman–Crippen MR) is 75.4 cm³/mol. The van der Waals surface area contributed by atoms with Crippen molar-refractivity contribution in [2.24, 2.45) is 0 Å². The molecule has 0 amide bonds. The normalized spacial score (nSPS) is 10.5. The molecule has 0 bridgehead atoms. The molecule has 0 spiro atoms. The van der Waals surface area contributed by atoms with Crippen LogP contribution >= 0.6 is 0 Å². The van der Waals surface area contributed by atoms with E-state index in [0.717, 1.165) is 24.4 Å². The highest BCUT2D eigenvalue weighted by Gasteiger charge is 2.16. The number of aromatic nitrogens is 2. The molecule has 20 heavy (non-hydrogen) atoms. The van der Waals surface area contributed by atoms with E-state index < -0.39 is 4.92 Å². The Bertz CT molecular complexity index is 607. The van der Waals surface area contributed by atoms with E-state index in [9.17, 15) is 10.1 Å². The van der Waals surface area contributed by atoms with Crippen molar-refractivity contribution in [2.75, 3.05) is 6.61 Å². The molecule has 0 aliphatic carbocycles. The van der Waals surface area contributed by atoms with Gasteiger partial charge in [-0.15, -0.1) is 0 Å². The zero-order valence-electron chi connectivity index (χ0n) is 11.6. The first kappa shape index (κ1) is 14.0. The van der Waals surface area contributed by atoms with E-state index in [-0.39, 0.29) is 11.4 Å². The minimum atomic E-state index is -0.435. The SMILES string of the molecule is CCCc1nccn1-c1ccc([N+](=O)[O-])c(OCC)c1. The highest BCUT2D eigenvalue weighted by atomic mass is 16.6. The molecular formula is C14H17N3O3. The quantitative estimate of drug-likeness (QED) is 0.600. The predicted octanol–water partition coefficient (Wildman–Crippen LogP) is 3.13. The van der Waals surface area contributed by atoms with Crippen LogP contribution in [0.25, 0.3) is 5.69 Å². The van der Waals surface area contributed by atoms with Gasteiger partial charge < -0.3 is 9.30 Å². The first-order chi connectivity index (χ1) is 9.67. The van der Waals surface area contributed by atoms with Crippen molar-refractivity contribution in [3.05, 3.63) is 46.5 Å². The lowest BCUT2D eigenvalue weighted by molar-refractivity contribution is -0.385. The molecule has 0 aliphatic rings. The summed E-state index contributed by atoms with van der Waals surface area (Å²) in [5.74, 6) is 1.22. The van der Waals surface area contributed by atoms with Gasteiger partial charge in [-0.1, -0.05) is 6.92 Å². The van der Waals surface area contributed by atoms with Gasteiger partial charge >= 0.3 is 5.69 Å². The molecule has 0 N–H and O–H groups in total. The number of benzene rings is 1. The molecule has 0 aliphatic heterocycles. The first-order valence-corrected chi connectivity index (χ1v) is 6.61. The van der Waals surface area contributed by atoms with Gasteiger partial charge in [0.1, 0.15) is 5.82 Å². The molecule has 1 heterocycles. The fraction of sp³-hybridized carbons (Fsp3) is 0.357. The molecule has 0 unspecified atom stereocenters. The van der Waals surface area contributed by atoms with Crippen LogP contribution in [0.5, 0.6) is 5.75 Å². The monoisotopic (exact) mass is 275 g/mol. The molecule has 0 saturated heterocycles. The van der Waals surface area contributed by atoms with Crippen LogP contribution in [0.3, 0.4) is 0 Å². The Balaban J connectivity index is 2.44. The molecule has 106 valence electrons. The van der Waals surface area contributed by atoms with Crippen LogP contribution in [-0.2, 0) is 6.42 Å². The van der Waals surface area contributed by atoms with Crippen LogP contribution in [0.1, 0.15) is 26.1 Å². The summed E-state index contributed by atoms with van der Waals surface area (Å²) in [7, 11) is 0. The largest absolute Gasteiger partial charge is 0.487 e. The van der Waals surface area contributed by atoms with Crippen LogP contribution in [0.4, 0.5) is 5.69 Å². The smallest absolute Gasteiger partial charge is 0.311 e. The van der Waals surface area contributed by atoms with E-state index in [0.29, 0.717) is 6.61 Å². The van der Waals surface area contributed by atoms with Crippen LogP contribution < -0.4 is 4.74 Å². The Morgan fingerprint density at radius 3 is 2.85 bits per heavy atom. The molecule has 2 rings (SSSR count). The third-order valence-electron chi connectivity index (χ3n) is 2.91. The summed E-state index contributed by atoms with van der Waals surface area (Å²) in [6, 6.07) is 4.86. The number of ether oxygens (including phenoxy) is 1. The van der Waals surface area contributed by atoms with Gasteiger partial charge in [0.25, 0.3) is 0 Å². The van der Waals surface area contributed by atoms with Crippen molar-refractivity contribution in [1.82, 2.24) is 9.55 Å². The second kappa shape index (κ2) is 6.18. The fourth-order valence-electron chi connectivity index (χ4n) is 2.05. The molecule has 1 aromatic heterocycles. The molecule has 0 fully saturated rings. The summed E-state index contributed by atoms with van der Waals surface area (Å²) < 4.78 is 7.29. The van der Waals surface area contributed by atoms with Gasteiger partial charge in [0, 0.05) is 30.9 Å². The van der Waals surface area contributed by atoms with Crippen molar-refractivity contribution >= 4 is 5.69 Å². The number of nitro groups is 1. The van der Waals surface area contributed by atoms with E-state index in [2.05, 4.69) is 11.9 Å². The number of rotatable bonds is 6. The summed E-state index contributed by atoms with van der Waals surface area (Å²) in [5.41, 5.74) is 0.799. The number of imidazole rings is 1. The molecule has 6 heteroatoms. The zero-order chi connectivity index (χ0) is 14.5. The Morgan fingerprint density at radius 2 is 2.20 bits per heavy atom. The number of aryl methyl sites for hydroxylation is 1. The Kier molecular flexibility index (Phi) is 4.34. The number of hydrogen-bond donors (Lipinski definition) is 0. The third kappa shape index (κ3) is 2.79. The summed E-state index contributed by atoms with van der Waals surface area (Å²) >= 11 is 0. The lowest BCUT2D eigenvalue weighted by Crippen LogP contribution is -2.03. The summed E-state index contributed by atoms with van der Waals surface area (Å²) in [6.07, 6.45) is 5.42. The van der Waals surface area contributed by atoms with E-state index in [1.807, 2.05) is 10.8 Å². The molecule has 0 atom stereocenters. The van der Waals surface area contributed by atoms with E-state index in [1.165, 1.54) is 6.07 Å². The van der Waals surface area contributed by atoms with Gasteiger partial charge in [-0.25, -0.2) is 4.98 Å². The lowest BCUT2D eigenvalue weighted by atomic mass is 10.2. The summed E-state index contributed by atoms with van der Waals surface area (Å²) in [5, 5.41) is 11.0. The second-order valence-electron chi connectivity index (χ2n) is 4.31. The number of nitro benzene ring substituents is 1. The molecule has 2 aromatic rings. The highest BCUT2D eigenvalue weighted by molar-refractivity contribution is 5.53. The lowest BCUT2D eigenvalue weighted by Gasteiger charge is -2.10. The van der Waals surface area contributed by atoms with Crippen molar-refractivity contribution in [2.45, 2.75) is 26.7 Å². The molecule has 0 radical (unpaired) electrons. The Labute approximate surface area is 117 Å². The highest BCUT2D eigenvalue weighted by Crippen LogP contribution is 2.29. The van der Waals surface area contributed by atoms with Crippen LogP contribution in [-0.4, -0.2) is 21.1 Å². The minimum absolute atomic E-state index is 0.0206. The van der Waals surface area contributed by atoms with Crippen molar-refractivity contribution in [3.8, 4) is 11.4 Å². The number of hydrogen-bond acceptors (Lipinski definition) is 4. The van der Waals surface area contributed by atoms with Gasteiger partial charge in [0.2, 0.25) is 0 Å². The molecule has 1 aromatic carbocycles. The van der Waals surface area contributed by atoms with Gasteiger partial charge in [-0.3, -0.25) is 10.1 Å². The molecule has 6 nitrogen and oxygen atoms in total. The average molecular weight is 275 g/mol. The maximum atomic E-state index is 11.0. The van der Waals surface area contributed by atoms with Crippen molar-refractivity contribution in [1.29, 1.82) is 0 Å². The maximum absolute atomic E-state index is 11.0. The van der Waals surface area contributed by atoms with E-state index >= 15 is 0 Å². The van der Waals surface area contributed by atoms with E-state index in [1.54, 1.807) is 25.3 Å². The zero-order valence-corrected chi connectivity index (χ0v) is 11.6. The Morgan fingerprint density at radius 1 is 1.40 bits per heavy atom. The van der Waals surface area contributed by atoms with Crippen LogP contribution in [0.15, 0.2) is 30.6 Å². The van der Waals surface area contributed by atoms with Gasteiger partial charge in [-0.2, -0.15) is 0 Å². The Hall–Kier alpha value is -2.37. The van der Waals surface area contributed by atoms with Gasteiger partial charge in [-0.05, 0) is 19.4 Å². The van der Waals surface area contributed by atoms with Crippen LogP contribution in [0, 0.1) is 10.1 Å². The van der Waals surface area contributed by atoms with Gasteiger partial charge in [0.05, 0.1) is 17.2 Å². The first-order valence-electron chi connectivity index (χ1n) is 6.61.